The second kappa shape index (κ2) is 7.16. The van der Waals surface area contributed by atoms with Gasteiger partial charge in [-0.05, 0) is 43.1 Å². The molecular formula is C17H24O2S. The molecule has 1 aromatic rings. The smallest absolute Gasteiger partial charge is 0.316 e. The average molecular weight is 292 g/mol. The van der Waals surface area contributed by atoms with Crippen molar-refractivity contribution in [1.29, 1.82) is 0 Å². The van der Waals surface area contributed by atoms with Gasteiger partial charge in [-0.15, -0.1) is 11.8 Å². The van der Waals surface area contributed by atoms with Crippen molar-refractivity contribution >= 4 is 17.7 Å². The molecule has 1 N–H and O–H groups in total. The van der Waals surface area contributed by atoms with Crippen molar-refractivity contribution in [2.24, 2.45) is 11.8 Å². The van der Waals surface area contributed by atoms with Crippen molar-refractivity contribution in [3.63, 3.8) is 0 Å². The molecule has 0 aliphatic heterocycles. The summed E-state index contributed by atoms with van der Waals surface area (Å²) in [6, 6.07) is 9.95. The molecule has 2 rings (SSSR count). The number of rotatable bonds is 5. The zero-order valence-corrected chi connectivity index (χ0v) is 13.1. The largest absolute Gasteiger partial charge is 0.480 e. The van der Waals surface area contributed by atoms with Crippen LogP contribution in [-0.4, -0.2) is 21.6 Å². The molecular weight excluding hydrogens is 268 g/mol. The van der Waals surface area contributed by atoms with Crippen LogP contribution in [0, 0.1) is 11.8 Å². The molecule has 3 heteroatoms. The number of thioether (sulfide) groups is 1. The number of hydrogen-bond acceptors (Lipinski definition) is 2. The van der Waals surface area contributed by atoms with Crippen LogP contribution in [0.2, 0.25) is 0 Å². The van der Waals surface area contributed by atoms with Gasteiger partial charge in [-0.25, -0.2) is 0 Å². The predicted octanol–water partition coefficient (Wildman–Crippen LogP) is 4.24. The Balaban J connectivity index is 1.97. The highest BCUT2D eigenvalue weighted by molar-refractivity contribution is 8.01. The summed E-state index contributed by atoms with van der Waals surface area (Å²) in [6.45, 7) is 4.58. The maximum atomic E-state index is 11.5. The highest BCUT2D eigenvalue weighted by Crippen LogP contribution is 2.37. The Labute approximate surface area is 126 Å². The van der Waals surface area contributed by atoms with Crippen LogP contribution in [0.15, 0.2) is 30.3 Å². The van der Waals surface area contributed by atoms with E-state index in [1.807, 2.05) is 30.3 Å². The van der Waals surface area contributed by atoms with Crippen LogP contribution < -0.4 is 0 Å². The van der Waals surface area contributed by atoms with Crippen molar-refractivity contribution in [3.05, 3.63) is 35.9 Å². The van der Waals surface area contributed by atoms with Crippen LogP contribution in [-0.2, 0) is 11.2 Å². The summed E-state index contributed by atoms with van der Waals surface area (Å²) in [5, 5.41) is 9.66. The molecule has 20 heavy (non-hydrogen) atoms. The SMILES string of the molecule is CC1CC(C)CC(SC(Cc2ccccc2)C(=O)O)C1. The number of carbonyl (C=O) groups is 1. The number of carboxylic acids is 1. The van der Waals surface area contributed by atoms with Gasteiger partial charge in [-0.2, -0.15) is 0 Å². The first-order valence-corrected chi connectivity index (χ1v) is 8.41. The zero-order valence-electron chi connectivity index (χ0n) is 12.3. The van der Waals surface area contributed by atoms with Crippen LogP contribution in [0.5, 0.6) is 0 Å². The van der Waals surface area contributed by atoms with Crippen molar-refractivity contribution < 1.29 is 9.90 Å². The molecule has 1 aliphatic rings. The Morgan fingerprint density at radius 2 is 1.80 bits per heavy atom. The second-order valence-corrected chi connectivity index (χ2v) is 7.70. The van der Waals surface area contributed by atoms with Crippen LogP contribution in [0.4, 0.5) is 0 Å². The molecule has 0 saturated heterocycles. The first-order valence-electron chi connectivity index (χ1n) is 7.46. The van der Waals surface area contributed by atoms with E-state index in [0.29, 0.717) is 11.7 Å². The monoisotopic (exact) mass is 292 g/mol. The number of carboxylic acid groups (broad SMARTS) is 1. The Bertz CT molecular complexity index is 422. The van der Waals surface area contributed by atoms with Crippen molar-refractivity contribution in [2.75, 3.05) is 0 Å². The fourth-order valence-electron chi connectivity index (χ4n) is 3.24. The van der Waals surface area contributed by atoms with Crippen LogP contribution in [0.1, 0.15) is 38.7 Å². The molecule has 0 aromatic heterocycles. The third-order valence-electron chi connectivity index (χ3n) is 4.03. The summed E-state index contributed by atoms with van der Waals surface area (Å²) in [6.07, 6.45) is 4.23. The molecule has 2 nitrogen and oxygen atoms in total. The lowest BCUT2D eigenvalue weighted by molar-refractivity contribution is -0.136. The van der Waals surface area contributed by atoms with E-state index in [-0.39, 0.29) is 5.25 Å². The molecule has 1 aliphatic carbocycles. The third kappa shape index (κ3) is 4.55. The lowest BCUT2D eigenvalue weighted by atomic mass is 9.83. The van der Waals surface area contributed by atoms with Gasteiger partial charge in [0.1, 0.15) is 5.25 Å². The minimum Gasteiger partial charge on any atom is -0.480 e. The Kier molecular flexibility index (Phi) is 5.53. The summed E-state index contributed by atoms with van der Waals surface area (Å²) in [5.41, 5.74) is 1.12. The molecule has 0 radical (unpaired) electrons. The molecule has 1 aromatic carbocycles. The molecule has 110 valence electrons. The Morgan fingerprint density at radius 3 is 2.35 bits per heavy atom. The molecule has 3 unspecified atom stereocenters. The van der Waals surface area contributed by atoms with E-state index in [4.69, 9.17) is 0 Å². The fraction of sp³-hybridized carbons (Fsp3) is 0.588. The summed E-state index contributed by atoms with van der Waals surface area (Å²) in [4.78, 5) is 11.5. The molecule has 0 heterocycles. The number of benzene rings is 1. The Morgan fingerprint density at radius 1 is 1.20 bits per heavy atom. The highest BCUT2D eigenvalue weighted by atomic mass is 32.2. The molecule has 1 saturated carbocycles. The van der Waals surface area contributed by atoms with Crippen molar-refractivity contribution in [1.82, 2.24) is 0 Å². The van der Waals surface area contributed by atoms with Crippen LogP contribution in [0.3, 0.4) is 0 Å². The maximum absolute atomic E-state index is 11.5. The third-order valence-corrected chi connectivity index (χ3v) is 5.50. The minimum absolute atomic E-state index is 0.320. The highest BCUT2D eigenvalue weighted by Gasteiger charge is 2.29. The van der Waals surface area contributed by atoms with Gasteiger partial charge < -0.3 is 5.11 Å². The average Bonchev–Trinajstić information content (AvgIpc) is 2.38. The quantitative estimate of drug-likeness (QED) is 0.882. The van der Waals surface area contributed by atoms with Gasteiger partial charge in [0.15, 0.2) is 0 Å². The number of aliphatic carboxylic acids is 1. The molecule has 0 bridgehead atoms. The second-order valence-electron chi connectivity index (χ2n) is 6.19. The van der Waals surface area contributed by atoms with Gasteiger partial charge in [0.2, 0.25) is 0 Å². The predicted molar refractivity (Wildman–Crippen MR) is 85.1 cm³/mol. The summed E-state index contributed by atoms with van der Waals surface area (Å²) in [5.74, 6) is 0.773. The molecule has 1 fully saturated rings. The zero-order chi connectivity index (χ0) is 14.5. The standard InChI is InChI=1S/C17H24O2S/c1-12-8-13(2)10-15(9-12)20-16(17(18)19)11-14-6-4-3-5-7-14/h3-7,12-13,15-16H,8-11H2,1-2H3,(H,18,19). The van der Waals surface area contributed by atoms with E-state index in [2.05, 4.69) is 13.8 Å². The van der Waals surface area contributed by atoms with Crippen LogP contribution in [0.25, 0.3) is 0 Å². The van der Waals surface area contributed by atoms with E-state index in [1.54, 1.807) is 11.8 Å². The van der Waals surface area contributed by atoms with E-state index in [1.165, 1.54) is 6.42 Å². The van der Waals surface area contributed by atoms with E-state index in [9.17, 15) is 9.90 Å². The van der Waals surface area contributed by atoms with Gasteiger partial charge in [0, 0.05) is 5.25 Å². The minimum atomic E-state index is -0.676. The number of hydrogen-bond donors (Lipinski definition) is 1. The lowest BCUT2D eigenvalue weighted by Gasteiger charge is -2.32. The van der Waals surface area contributed by atoms with Gasteiger partial charge in [0.25, 0.3) is 0 Å². The topological polar surface area (TPSA) is 37.3 Å². The van der Waals surface area contributed by atoms with E-state index < -0.39 is 5.97 Å². The van der Waals surface area contributed by atoms with E-state index in [0.717, 1.165) is 30.2 Å². The van der Waals surface area contributed by atoms with E-state index >= 15 is 0 Å². The summed E-state index contributed by atoms with van der Waals surface area (Å²) < 4.78 is 0. The van der Waals surface area contributed by atoms with Gasteiger partial charge in [-0.3, -0.25) is 4.79 Å². The maximum Gasteiger partial charge on any atom is 0.316 e. The lowest BCUT2D eigenvalue weighted by Crippen LogP contribution is -2.27. The molecule has 3 atom stereocenters. The first kappa shape index (κ1) is 15.4. The Hall–Kier alpha value is -0.960. The summed E-state index contributed by atoms with van der Waals surface area (Å²) >= 11 is 1.68. The van der Waals surface area contributed by atoms with Crippen molar-refractivity contribution in [2.45, 2.75) is 50.0 Å². The van der Waals surface area contributed by atoms with Crippen molar-refractivity contribution in [3.8, 4) is 0 Å². The normalized spacial score (nSPS) is 28.0. The first-order chi connectivity index (χ1) is 9.54. The molecule has 0 amide bonds. The summed E-state index contributed by atoms with van der Waals surface area (Å²) in [7, 11) is 0. The fourth-order valence-corrected chi connectivity index (χ4v) is 4.99. The van der Waals surface area contributed by atoms with Crippen LogP contribution >= 0.6 is 11.8 Å². The molecule has 0 spiro atoms. The van der Waals surface area contributed by atoms with Gasteiger partial charge in [-0.1, -0.05) is 44.2 Å². The van der Waals surface area contributed by atoms with Gasteiger partial charge >= 0.3 is 5.97 Å². The van der Waals surface area contributed by atoms with Gasteiger partial charge in [0.05, 0.1) is 0 Å².